The van der Waals surface area contributed by atoms with Crippen molar-refractivity contribution in [1.82, 2.24) is 4.90 Å². The van der Waals surface area contributed by atoms with Crippen LogP contribution in [0.3, 0.4) is 0 Å². The van der Waals surface area contributed by atoms with E-state index in [0.717, 1.165) is 11.1 Å². The predicted octanol–water partition coefficient (Wildman–Crippen LogP) is 7.73. The molecule has 1 aliphatic rings. The lowest BCUT2D eigenvalue weighted by Gasteiger charge is -2.43. The maximum absolute atomic E-state index is 14.1. The number of fused-ring (bicyclic) bond motifs is 1. The maximum Gasteiger partial charge on any atom is 0.414 e. The molecular weight excluding hydrogens is 575 g/mol. The van der Waals surface area contributed by atoms with Crippen LogP contribution in [0, 0.1) is 0 Å². The number of benzene rings is 3. The molecule has 0 fully saturated rings. The zero-order valence-electron chi connectivity index (χ0n) is 22.7. The van der Waals surface area contributed by atoms with Gasteiger partial charge in [-0.1, -0.05) is 65.1 Å². The van der Waals surface area contributed by atoms with Crippen LogP contribution in [-0.2, 0) is 22.5 Å². The standard InChI is InChI=1S/C30H31Cl3N2O5/c1-5-40-30(37)35-18(2)13-24(21-14-26(38-3)27(39-4)16-25(21)35)34(17-19-9-7-6-8-10-19)28(36)15-20-22(31)11-12-23(32)29(20)33/h6-12,14,16,18,24H,5,13,15,17H2,1-4H3. The first-order valence-corrected chi connectivity index (χ1v) is 14.0. The van der Waals surface area contributed by atoms with Gasteiger partial charge in [-0.05, 0) is 44.0 Å². The second kappa shape index (κ2) is 13.0. The van der Waals surface area contributed by atoms with Gasteiger partial charge in [0.2, 0.25) is 5.91 Å². The molecule has 10 heteroatoms. The van der Waals surface area contributed by atoms with Gasteiger partial charge in [0.1, 0.15) is 0 Å². The maximum atomic E-state index is 14.1. The van der Waals surface area contributed by atoms with Crippen molar-refractivity contribution in [3.63, 3.8) is 0 Å². The number of hydrogen-bond acceptors (Lipinski definition) is 5. The summed E-state index contributed by atoms with van der Waals surface area (Å²) in [6, 6.07) is 15.8. The van der Waals surface area contributed by atoms with Gasteiger partial charge in [-0.25, -0.2) is 4.79 Å². The lowest BCUT2D eigenvalue weighted by atomic mass is 9.89. The number of hydrogen-bond donors (Lipinski definition) is 0. The predicted molar refractivity (Wildman–Crippen MR) is 158 cm³/mol. The monoisotopic (exact) mass is 604 g/mol. The smallest absolute Gasteiger partial charge is 0.414 e. The number of anilines is 1. The topological polar surface area (TPSA) is 68.3 Å². The molecule has 1 aliphatic heterocycles. The van der Waals surface area contributed by atoms with Gasteiger partial charge in [-0.2, -0.15) is 0 Å². The summed E-state index contributed by atoms with van der Waals surface area (Å²) in [4.78, 5) is 30.6. The summed E-state index contributed by atoms with van der Waals surface area (Å²) in [5.74, 6) is 0.747. The number of carbonyl (C=O) groups excluding carboxylic acids is 2. The Morgan fingerprint density at radius 3 is 2.27 bits per heavy atom. The number of amides is 2. The van der Waals surface area contributed by atoms with Crippen molar-refractivity contribution < 1.29 is 23.8 Å². The first-order chi connectivity index (χ1) is 19.2. The van der Waals surface area contributed by atoms with Crippen molar-refractivity contribution in [3.8, 4) is 11.5 Å². The van der Waals surface area contributed by atoms with E-state index in [4.69, 9.17) is 49.0 Å². The third-order valence-corrected chi connectivity index (χ3v) is 8.18. The highest BCUT2D eigenvalue weighted by Gasteiger charge is 2.40. The fourth-order valence-electron chi connectivity index (χ4n) is 5.06. The summed E-state index contributed by atoms with van der Waals surface area (Å²) in [5.41, 5.74) is 2.73. The normalized spacial score (nSPS) is 16.2. The van der Waals surface area contributed by atoms with Crippen molar-refractivity contribution in [2.75, 3.05) is 25.7 Å². The van der Waals surface area contributed by atoms with Gasteiger partial charge < -0.3 is 19.1 Å². The van der Waals surface area contributed by atoms with E-state index in [2.05, 4.69) is 0 Å². The third kappa shape index (κ3) is 6.12. The number of ether oxygens (including phenoxy) is 3. The molecule has 0 aliphatic carbocycles. The molecule has 0 N–H and O–H groups in total. The Morgan fingerprint density at radius 2 is 1.62 bits per heavy atom. The Labute approximate surface area is 249 Å². The van der Waals surface area contributed by atoms with Gasteiger partial charge in [0.05, 0.1) is 49.0 Å². The van der Waals surface area contributed by atoms with Crippen LogP contribution in [-0.4, -0.2) is 43.8 Å². The van der Waals surface area contributed by atoms with Gasteiger partial charge in [-0.15, -0.1) is 0 Å². The molecule has 2 unspecified atom stereocenters. The van der Waals surface area contributed by atoms with Gasteiger partial charge >= 0.3 is 6.09 Å². The van der Waals surface area contributed by atoms with Crippen molar-refractivity contribution >= 4 is 52.5 Å². The third-order valence-electron chi connectivity index (χ3n) is 6.98. The van der Waals surface area contributed by atoms with Gasteiger partial charge in [0.15, 0.2) is 11.5 Å². The lowest BCUT2D eigenvalue weighted by molar-refractivity contribution is -0.134. The highest BCUT2D eigenvalue weighted by atomic mass is 35.5. The molecule has 2 amide bonds. The van der Waals surface area contributed by atoms with Crippen LogP contribution in [0.15, 0.2) is 54.6 Å². The van der Waals surface area contributed by atoms with Gasteiger partial charge in [-0.3, -0.25) is 9.69 Å². The van der Waals surface area contributed by atoms with Crippen LogP contribution in [0.5, 0.6) is 11.5 Å². The molecule has 0 radical (unpaired) electrons. The van der Waals surface area contributed by atoms with Crippen LogP contribution < -0.4 is 14.4 Å². The number of nitrogens with zero attached hydrogens (tertiary/aromatic N) is 2. The molecule has 2 atom stereocenters. The molecule has 0 saturated carbocycles. The molecule has 4 rings (SSSR count). The van der Waals surface area contributed by atoms with E-state index < -0.39 is 12.1 Å². The van der Waals surface area contributed by atoms with Crippen LogP contribution in [0.4, 0.5) is 10.5 Å². The molecule has 3 aromatic carbocycles. The Bertz CT molecular complexity index is 1390. The van der Waals surface area contributed by atoms with E-state index in [0.29, 0.717) is 45.8 Å². The van der Waals surface area contributed by atoms with Crippen LogP contribution >= 0.6 is 34.8 Å². The molecule has 0 spiro atoms. The minimum absolute atomic E-state index is 0.0554. The first-order valence-electron chi connectivity index (χ1n) is 12.9. The van der Waals surface area contributed by atoms with E-state index in [1.54, 1.807) is 42.0 Å². The average molecular weight is 606 g/mol. The Hall–Kier alpha value is -3.13. The highest BCUT2D eigenvalue weighted by Crippen LogP contribution is 2.46. The van der Waals surface area contributed by atoms with E-state index in [-0.39, 0.29) is 30.0 Å². The summed E-state index contributed by atoms with van der Waals surface area (Å²) >= 11 is 19.2. The number of halogens is 3. The number of carbonyl (C=O) groups is 2. The van der Waals surface area contributed by atoms with Crippen molar-refractivity contribution in [3.05, 3.63) is 86.4 Å². The molecular formula is C30H31Cl3N2O5. The molecule has 212 valence electrons. The molecule has 0 aromatic heterocycles. The second-order valence-electron chi connectivity index (χ2n) is 9.44. The minimum atomic E-state index is -0.472. The highest BCUT2D eigenvalue weighted by molar-refractivity contribution is 6.44. The van der Waals surface area contributed by atoms with E-state index in [1.165, 1.54) is 7.11 Å². The van der Waals surface area contributed by atoms with E-state index in [9.17, 15) is 9.59 Å². The fraction of sp³-hybridized carbons (Fsp3) is 0.333. The average Bonchev–Trinajstić information content (AvgIpc) is 2.95. The molecule has 0 saturated heterocycles. The van der Waals surface area contributed by atoms with Crippen LogP contribution in [0.25, 0.3) is 0 Å². The summed E-state index contributed by atoms with van der Waals surface area (Å²) in [7, 11) is 3.08. The number of rotatable bonds is 8. The van der Waals surface area contributed by atoms with Crippen molar-refractivity contribution in [2.24, 2.45) is 0 Å². The number of methoxy groups -OCH3 is 2. The van der Waals surface area contributed by atoms with Crippen LogP contribution in [0.2, 0.25) is 15.1 Å². The Morgan fingerprint density at radius 1 is 0.975 bits per heavy atom. The first kappa shape index (κ1) is 29.8. The van der Waals surface area contributed by atoms with Crippen molar-refractivity contribution in [2.45, 2.75) is 45.3 Å². The minimum Gasteiger partial charge on any atom is -0.493 e. The largest absolute Gasteiger partial charge is 0.493 e. The zero-order chi connectivity index (χ0) is 29.0. The molecule has 7 nitrogen and oxygen atoms in total. The van der Waals surface area contributed by atoms with E-state index in [1.807, 2.05) is 43.3 Å². The quantitative estimate of drug-likeness (QED) is 0.246. The SMILES string of the molecule is CCOC(=O)N1c2cc(OC)c(OC)cc2C(N(Cc2ccccc2)C(=O)Cc2c(Cl)ccc(Cl)c2Cl)CC1C. The lowest BCUT2D eigenvalue weighted by Crippen LogP contribution is -2.48. The zero-order valence-corrected chi connectivity index (χ0v) is 25.0. The van der Waals surface area contributed by atoms with Crippen molar-refractivity contribution in [1.29, 1.82) is 0 Å². The summed E-state index contributed by atoms with van der Waals surface area (Å²) in [6.07, 6.45) is -0.0721. The van der Waals surface area contributed by atoms with Gasteiger partial charge in [0, 0.05) is 34.8 Å². The van der Waals surface area contributed by atoms with Crippen LogP contribution in [0.1, 0.15) is 43.0 Å². The Balaban J connectivity index is 1.85. The molecule has 0 bridgehead atoms. The summed E-state index contributed by atoms with van der Waals surface area (Å²) in [5, 5.41) is 0.932. The fourth-order valence-corrected chi connectivity index (χ4v) is 5.74. The molecule has 1 heterocycles. The summed E-state index contributed by atoms with van der Waals surface area (Å²) in [6.45, 7) is 4.24. The summed E-state index contributed by atoms with van der Waals surface area (Å²) < 4.78 is 16.5. The molecule has 40 heavy (non-hydrogen) atoms. The molecule has 3 aromatic rings. The Kier molecular flexibility index (Phi) is 9.72. The second-order valence-corrected chi connectivity index (χ2v) is 10.6. The van der Waals surface area contributed by atoms with Gasteiger partial charge in [0.25, 0.3) is 0 Å². The van der Waals surface area contributed by atoms with E-state index >= 15 is 0 Å².